The molecule has 1 aliphatic rings. The molecule has 0 radical (unpaired) electrons. The Morgan fingerprint density at radius 2 is 2.14 bits per heavy atom. The Kier molecular flexibility index (Phi) is 5.07. The van der Waals surface area contributed by atoms with Crippen LogP contribution in [-0.4, -0.2) is 27.4 Å². The molecule has 1 aliphatic heterocycles. The first-order valence-electron chi connectivity index (χ1n) is 6.10. The zero-order valence-electron chi connectivity index (χ0n) is 11.1. The minimum Gasteiger partial charge on any atom is -0.393 e. The Hall–Kier alpha value is -2.03. The highest BCUT2D eigenvalue weighted by atomic mass is 35.5. The van der Waals surface area contributed by atoms with Crippen LogP contribution in [0.3, 0.4) is 0 Å². The van der Waals surface area contributed by atoms with Crippen molar-refractivity contribution in [3.05, 3.63) is 51.6 Å². The van der Waals surface area contributed by atoms with Crippen molar-refractivity contribution in [1.82, 2.24) is 9.55 Å². The molecule has 0 aliphatic carbocycles. The second-order valence-electron chi connectivity index (χ2n) is 4.35. The van der Waals surface area contributed by atoms with Gasteiger partial charge in [0.05, 0.1) is 19.3 Å². The van der Waals surface area contributed by atoms with Gasteiger partial charge in [-0.05, 0) is 6.08 Å². The number of nitrogens with zero attached hydrogens (tertiary/aromatic N) is 2. The number of aliphatic hydroxyl groups is 1. The van der Waals surface area contributed by atoms with Crippen molar-refractivity contribution in [2.75, 3.05) is 12.3 Å². The van der Waals surface area contributed by atoms with Crippen LogP contribution in [0.4, 0.5) is 14.6 Å². The van der Waals surface area contributed by atoms with Crippen molar-refractivity contribution in [1.29, 1.82) is 0 Å². The fourth-order valence-corrected chi connectivity index (χ4v) is 2.23. The van der Waals surface area contributed by atoms with Crippen LogP contribution in [-0.2, 0) is 4.74 Å². The number of anilines is 1. The van der Waals surface area contributed by atoms with Gasteiger partial charge in [0.15, 0.2) is 6.23 Å². The van der Waals surface area contributed by atoms with E-state index in [0.717, 1.165) is 10.1 Å². The van der Waals surface area contributed by atoms with Gasteiger partial charge < -0.3 is 15.6 Å². The predicted octanol–water partition coefficient (Wildman–Crippen LogP) is 1.63. The topological polar surface area (TPSA) is 90.4 Å². The molecule has 9 heteroatoms. The van der Waals surface area contributed by atoms with E-state index in [0.29, 0.717) is 5.56 Å². The molecule has 3 N–H and O–H groups in total. The molecule has 6 nitrogen and oxygen atoms in total. The summed E-state index contributed by atoms with van der Waals surface area (Å²) in [5.41, 5.74) is 5.81. The zero-order chi connectivity index (χ0) is 16.3. The number of nitrogens with two attached hydrogens (primary N) is 1. The highest BCUT2D eigenvalue weighted by Gasteiger charge is 2.37. The van der Waals surface area contributed by atoms with Gasteiger partial charge in [0.2, 0.25) is 0 Å². The number of halogens is 3. The quantitative estimate of drug-likeness (QED) is 0.878. The van der Waals surface area contributed by atoms with Crippen LogP contribution in [0, 0.1) is 0 Å². The predicted molar refractivity (Wildman–Crippen MR) is 77.2 cm³/mol. The minimum atomic E-state index is -1.27. The Balaban J connectivity index is 2.56. The molecular weight excluding hydrogens is 320 g/mol. The third kappa shape index (κ3) is 2.80. The average molecular weight is 332 g/mol. The van der Waals surface area contributed by atoms with E-state index in [9.17, 15) is 13.6 Å². The molecular formula is C13H12ClF2N3O3. The van der Waals surface area contributed by atoms with E-state index in [-0.39, 0.29) is 29.6 Å². The van der Waals surface area contributed by atoms with E-state index in [1.54, 1.807) is 0 Å². The molecule has 0 spiro atoms. The molecule has 22 heavy (non-hydrogen) atoms. The van der Waals surface area contributed by atoms with E-state index in [4.69, 9.17) is 27.2 Å². The molecule has 118 valence electrons. The first-order chi connectivity index (χ1) is 10.6. The van der Waals surface area contributed by atoms with E-state index in [1.165, 1.54) is 12.3 Å². The molecule has 2 rings (SSSR count). The van der Waals surface area contributed by atoms with Gasteiger partial charge in [-0.3, -0.25) is 4.57 Å². The summed E-state index contributed by atoms with van der Waals surface area (Å²) in [4.78, 5) is 15.5. The third-order valence-electron chi connectivity index (χ3n) is 3.15. The van der Waals surface area contributed by atoms with Gasteiger partial charge in [-0.15, -0.1) is 0 Å². The Labute approximate surface area is 128 Å². The highest BCUT2D eigenvalue weighted by Crippen LogP contribution is 2.38. The van der Waals surface area contributed by atoms with Gasteiger partial charge in [-0.1, -0.05) is 11.6 Å². The lowest BCUT2D eigenvalue weighted by atomic mass is 10.1. The number of hydrogen-bond donors (Lipinski definition) is 2. The number of ether oxygens (including phenoxy) is 1. The molecule has 0 bridgehead atoms. The van der Waals surface area contributed by atoms with Crippen LogP contribution in [0.15, 0.2) is 40.3 Å². The van der Waals surface area contributed by atoms with Crippen LogP contribution in [0.1, 0.15) is 11.8 Å². The lowest BCUT2D eigenvalue weighted by Gasteiger charge is -2.15. The lowest BCUT2D eigenvalue weighted by Crippen LogP contribution is -2.29. The third-order valence-corrected chi connectivity index (χ3v) is 3.27. The molecule has 1 aromatic heterocycles. The van der Waals surface area contributed by atoms with Gasteiger partial charge in [0.25, 0.3) is 0 Å². The van der Waals surface area contributed by atoms with E-state index < -0.39 is 24.6 Å². The van der Waals surface area contributed by atoms with Crippen molar-refractivity contribution in [2.24, 2.45) is 0 Å². The number of nitrogen functional groups attached to an aromatic ring is 1. The largest absolute Gasteiger partial charge is 0.393 e. The fraction of sp³-hybridized carbons (Fsp3) is 0.231. The molecule has 1 fully saturated rings. The van der Waals surface area contributed by atoms with Crippen LogP contribution in [0.25, 0.3) is 6.08 Å². The standard InChI is InChI=1S/C13H12ClF2N3O3/c14-2-1-7-5-19(13(21)18-11(7)17)12-9(4-16)8(3-15)10(6-20)22-12/h1-5,10,12,20H,6H2,(H2,17,18,21)/b2-1-,8-3+,9-4+. The summed E-state index contributed by atoms with van der Waals surface area (Å²) in [6, 6.07) is 0. The molecule has 2 atom stereocenters. The number of hydrogen-bond acceptors (Lipinski definition) is 5. The summed E-state index contributed by atoms with van der Waals surface area (Å²) in [5.74, 6) is -0.0677. The van der Waals surface area contributed by atoms with Crippen molar-refractivity contribution >= 4 is 23.5 Å². The van der Waals surface area contributed by atoms with Crippen LogP contribution >= 0.6 is 11.6 Å². The monoisotopic (exact) mass is 331 g/mol. The zero-order valence-corrected chi connectivity index (χ0v) is 11.9. The van der Waals surface area contributed by atoms with Gasteiger partial charge in [0, 0.05) is 28.4 Å². The summed E-state index contributed by atoms with van der Waals surface area (Å²) in [6.45, 7) is -0.574. The second-order valence-corrected chi connectivity index (χ2v) is 4.60. The first-order valence-corrected chi connectivity index (χ1v) is 6.53. The summed E-state index contributed by atoms with van der Waals surface area (Å²) in [6.07, 6.45) is 0.518. The minimum absolute atomic E-state index is 0.0677. The van der Waals surface area contributed by atoms with Crippen molar-refractivity contribution in [2.45, 2.75) is 12.3 Å². The number of rotatable bonds is 3. The molecule has 1 saturated heterocycles. The van der Waals surface area contributed by atoms with Crippen LogP contribution in [0.2, 0.25) is 0 Å². The van der Waals surface area contributed by atoms with Gasteiger partial charge >= 0.3 is 5.69 Å². The summed E-state index contributed by atoms with van der Waals surface area (Å²) in [7, 11) is 0. The maximum atomic E-state index is 13.1. The smallest absolute Gasteiger partial charge is 0.351 e. The average Bonchev–Trinajstić information content (AvgIpc) is 2.87. The van der Waals surface area contributed by atoms with Crippen LogP contribution in [0.5, 0.6) is 0 Å². The maximum absolute atomic E-state index is 13.1. The number of aliphatic hydroxyl groups excluding tert-OH is 1. The molecule has 1 aromatic rings. The second kappa shape index (κ2) is 6.82. The molecule has 0 aromatic carbocycles. The molecule has 2 unspecified atom stereocenters. The SMILES string of the molecule is Nc1nc(=O)n(C2OC(CO)C(=C/F)/C2=C\F)cc1/C=C\Cl. The maximum Gasteiger partial charge on any atom is 0.351 e. The summed E-state index contributed by atoms with van der Waals surface area (Å²) in [5, 5.41) is 9.16. The Morgan fingerprint density at radius 3 is 2.68 bits per heavy atom. The summed E-state index contributed by atoms with van der Waals surface area (Å²) < 4.78 is 32.3. The normalized spacial score (nSPS) is 25.6. The van der Waals surface area contributed by atoms with E-state index in [1.807, 2.05) is 0 Å². The summed E-state index contributed by atoms with van der Waals surface area (Å²) >= 11 is 5.46. The van der Waals surface area contributed by atoms with Crippen LogP contribution < -0.4 is 11.4 Å². The van der Waals surface area contributed by atoms with E-state index >= 15 is 0 Å². The first kappa shape index (κ1) is 16.3. The Morgan fingerprint density at radius 1 is 1.45 bits per heavy atom. The lowest BCUT2D eigenvalue weighted by molar-refractivity contribution is -0.00860. The van der Waals surface area contributed by atoms with Gasteiger partial charge in [-0.25, -0.2) is 13.6 Å². The van der Waals surface area contributed by atoms with E-state index in [2.05, 4.69) is 4.98 Å². The Bertz CT molecular complexity index is 715. The number of aromatic nitrogens is 2. The van der Waals surface area contributed by atoms with Crippen molar-refractivity contribution in [3.63, 3.8) is 0 Å². The molecule has 0 amide bonds. The van der Waals surface area contributed by atoms with Gasteiger partial charge in [0.1, 0.15) is 11.9 Å². The highest BCUT2D eigenvalue weighted by molar-refractivity contribution is 6.27. The van der Waals surface area contributed by atoms with Gasteiger partial charge in [-0.2, -0.15) is 4.98 Å². The van der Waals surface area contributed by atoms with Crippen molar-refractivity contribution < 1.29 is 18.6 Å². The molecule has 0 saturated carbocycles. The molecule has 2 heterocycles. The van der Waals surface area contributed by atoms with Crippen molar-refractivity contribution in [3.8, 4) is 0 Å². The fourth-order valence-electron chi connectivity index (χ4n) is 2.10.